The minimum absolute atomic E-state index is 0.0901. The Hall–Kier alpha value is -2.65. The van der Waals surface area contributed by atoms with E-state index >= 15 is 0 Å². The Morgan fingerprint density at radius 3 is 2.71 bits per heavy atom. The van der Waals surface area contributed by atoms with E-state index in [9.17, 15) is 23.9 Å². The molecule has 28 heavy (non-hydrogen) atoms. The fraction of sp³-hybridized carbons (Fsp3) is 0.316. The van der Waals surface area contributed by atoms with Crippen LogP contribution in [0.5, 0.6) is 0 Å². The second kappa shape index (κ2) is 7.06. The van der Waals surface area contributed by atoms with Gasteiger partial charge in [-0.15, -0.1) is 11.8 Å². The van der Waals surface area contributed by atoms with Crippen LogP contribution in [0.1, 0.15) is 12.0 Å². The van der Waals surface area contributed by atoms with Gasteiger partial charge in [0.05, 0.1) is 0 Å². The van der Waals surface area contributed by atoms with E-state index in [-0.39, 0.29) is 22.8 Å². The van der Waals surface area contributed by atoms with Crippen LogP contribution >= 0.6 is 11.8 Å². The van der Waals surface area contributed by atoms with E-state index in [1.165, 1.54) is 28.8 Å². The number of carboxylic acid groups (broad SMARTS) is 1. The number of thioether (sulfide) groups is 1. The predicted octanol–water partition coefficient (Wildman–Crippen LogP) is 1.07. The molecule has 1 aromatic rings. The number of rotatable bonds is 4. The number of fused-ring (bicyclic) bond motifs is 1. The zero-order valence-electron chi connectivity index (χ0n) is 14.8. The Labute approximate surface area is 164 Å². The molecule has 0 bridgehead atoms. The summed E-state index contributed by atoms with van der Waals surface area (Å²) in [5, 5.41) is 9.22. The van der Waals surface area contributed by atoms with Gasteiger partial charge in [-0.05, 0) is 35.8 Å². The monoisotopic (exact) mass is 403 g/mol. The van der Waals surface area contributed by atoms with Crippen LogP contribution in [0.4, 0.5) is 4.39 Å². The lowest BCUT2D eigenvalue weighted by Crippen LogP contribution is -2.68. The van der Waals surface area contributed by atoms with Gasteiger partial charge in [-0.2, -0.15) is 0 Å². The summed E-state index contributed by atoms with van der Waals surface area (Å²) < 4.78 is 13.0. The van der Waals surface area contributed by atoms with Crippen LogP contribution in [0, 0.1) is 5.82 Å². The van der Waals surface area contributed by atoms with Crippen LogP contribution in [0.3, 0.4) is 0 Å². The van der Waals surface area contributed by atoms with Gasteiger partial charge in [-0.25, -0.2) is 9.18 Å². The van der Waals surface area contributed by atoms with Crippen molar-refractivity contribution in [3.63, 3.8) is 0 Å². The van der Waals surface area contributed by atoms with Crippen molar-refractivity contribution in [2.24, 2.45) is 5.73 Å². The van der Waals surface area contributed by atoms with E-state index in [1.807, 2.05) is 0 Å². The second-order valence-corrected chi connectivity index (χ2v) is 7.99. The van der Waals surface area contributed by atoms with Crippen molar-refractivity contribution >= 4 is 29.5 Å². The molecule has 9 heteroatoms. The fourth-order valence-corrected chi connectivity index (χ4v) is 4.88. The summed E-state index contributed by atoms with van der Waals surface area (Å²) in [4.78, 5) is 39.3. The summed E-state index contributed by atoms with van der Waals surface area (Å²) in [5.41, 5.74) is 7.42. The van der Waals surface area contributed by atoms with Gasteiger partial charge in [0.15, 0.2) is 0 Å². The van der Waals surface area contributed by atoms with Crippen molar-refractivity contribution in [3.8, 4) is 0 Å². The summed E-state index contributed by atoms with van der Waals surface area (Å²) in [6, 6.07) is 5.27. The van der Waals surface area contributed by atoms with E-state index < -0.39 is 17.9 Å². The number of benzene rings is 1. The molecule has 3 aliphatic rings. The van der Waals surface area contributed by atoms with Crippen molar-refractivity contribution in [2.75, 3.05) is 12.3 Å². The molecule has 2 saturated heterocycles. The first-order chi connectivity index (χ1) is 13.4. The van der Waals surface area contributed by atoms with Crippen molar-refractivity contribution in [2.45, 2.75) is 24.4 Å². The van der Waals surface area contributed by atoms with E-state index in [0.29, 0.717) is 36.4 Å². The van der Waals surface area contributed by atoms with Gasteiger partial charge >= 0.3 is 5.97 Å². The topological polar surface area (TPSA) is 104 Å². The first-order valence-electron chi connectivity index (χ1n) is 8.78. The quantitative estimate of drug-likeness (QED) is 0.576. The first-order valence-corrected chi connectivity index (χ1v) is 9.82. The smallest absolute Gasteiger partial charge is 0.352 e. The molecule has 3 N–H and O–H groups in total. The summed E-state index contributed by atoms with van der Waals surface area (Å²) >= 11 is 1.40. The highest BCUT2D eigenvalue weighted by Crippen LogP contribution is 2.40. The lowest BCUT2D eigenvalue weighted by atomic mass is 10.0. The second-order valence-electron chi connectivity index (χ2n) is 6.89. The Morgan fingerprint density at radius 1 is 1.32 bits per heavy atom. The van der Waals surface area contributed by atoms with Gasteiger partial charge in [0.2, 0.25) is 11.8 Å². The van der Waals surface area contributed by atoms with Crippen molar-refractivity contribution in [3.05, 3.63) is 58.6 Å². The lowest BCUT2D eigenvalue weighted by Gasteiger charge is -2.47. The van der Waals surface area contributed by atoms with E-state index in [4.69, 9.17) is 5.73 Å². The number of aliphatic carboxylic acids is 1. The number of nitrogens with two attached hydrogens (primary N) is 1. The molecule has 2 atom stereocenters. The molecule has 0 aliphatic carbocycles. The van der Waals surface area contributed by atoms with E-state index in [1.54, 1.807) is 23.1 Å². The van der Waals surface area contributed by atoms with Crippen LogP contribution < -0.4 is 5.73 Å². The summed E-state index contributed by atoms with van der Waals surface area (Å²) in [5.74, 6) is -1.76. The average molecular weight is 403 g/mol. The molecule has 3 aliphatic heterocycles. The zero-order chi connectivity index (χ0) is 20.0. The largest absolute Gasteiger partial charge is 0.477 e. The molecule has 0 aromatic heterocycles. The SMILES string of the molecule is N[C@@H]1C(=O)N2C(C(=O)O)=C(C=C3CCN(Cc4ccc(F)cc4)C3=O)CS[C@H]12. The van der Waals surface area contributed by atoms with Gasteiger partial charge in [0.25, 0.3) is 0 Å². The Morgan fingerprint density at radius 2 is 2.04 bits per heavy atom. The molecule has 0 radical (unpaired) electrons. The molecule has 3 heterocycles. The van der Waals surface area contributed by atoms with Gasteiger partial charge in [-0.1, -0.05) is 12.1 Å². The molecule has 0 saturated carbocycles. The first kappa shape index (κ1) is 18.7. The highest BCUT2D eigenvalue weighted by atomic mass is 32.2. The van der Waals surface area contributed by atoms with E-state index in [2.05, 4.69) is 0 Å². The van der Waals surface area contributed by atoms with Crippen LogP contribution in [0.2, 0.25) is 0 Å². The minimum Gasteiger partial charge on any atom is -0.477 e. The molecule has 2 fully saturated rings. The third-order valence-electron chi connectivity index (χ3n) is 5.09. The number of amides is 2. The fourth-order valence-electron chi connectivity index (χ4n) is 3.62. The number of halogens is 1. The van der Waals surface area contributed by atoms with Gasteiger partial charge in [0.1, 0.15) is 22.9 Å². The van der Waals surface area contributed by atoms with Crippen LogP contribution in [-0.4, -0.2) is 56.4 Å². The Bertz CT molecular complexity index is 928. The maximum atomic E-state index is 13.0. The summed E-state index contributed by atoms with van der Waals surface area (Å²) in [6.45, 7) is 0.860. The number of carbonyl (C=O) groups excluding carboxylic acids is 2. The molecular weight excluding hydrogens is 385 g/mol. The van der Waals surface area contributed by atoms with Crippen molar-refractivity contribution in [1.29, 1.82) is 0 Å². The molecule has 0 spiro atoms. The Balaban J connectivity index is 1.56. The van der Waals surface area contributed by atoms with Crippen LogP contribution in [0.25, 0.3) is 0 Å². The molecular formula is C19H18FN3O4S. The molecule has 146 valence electrons. The third-order valence-corrected chi connectivity index (χ3v) is 6.41. The highest BCUT2D eigenvalue weighted by Gasteiger charge is 2.51. The van der Waals surface area contributed by atoms with Crippen LogP contribution in [0.15, 0.2) is 47.2 Å². The number of carbonyl (C=O) groups is 3. The number of hydrogen-bond acceptors (Lipinski definition) is 5. The number of β-lactam (4-membered cyclic amide) rings is 1. The summed E-state index contributed by atoms with van der Waals surface area (Å²) in [7, 11) is 0. The highest BCUT2D eigenvalue weighted by molar-refractivity contribution is 8.00. The molecule has 1 aromatic carbocycles. The standard InChI is InChI=1S/C19H18FN3O4S/c20-13-3-1-10(2-4-13)8-22-6-5-11(16(22)24)7-12-9-28-18-14(21)17(25)23(18)15(12)19(26)27/h1-4,7,14,18H,5-6,8-9,21H2,(H,26,27)/t14-,18-/m1/s1. The van der Waals surface area contributed by atoms with Crippen molar-refractivity contribution in [1.82, 2.24) is 9.80 Å². The normalized spacial score (nSPS) is 26.0. The van der Waals surface area contributed by atoms with Crippen LogP contribution in [-0.2, 0) is 20.9 Å². The number of likely N-dealkylation sites (tertiary alicyclic amines) is 1. The predicted molar refractivity (Wildman–Crippen MR) is 100 cm³/mol. The maximum absolute atomic E-state index is 13.0. The number of allylic oxidation sites excluding steroid dienone is 1. The number of carboxylic acids is 1. The Kier molecular flexibility index (Phi) is 4.72. The van der Waals surface area contributed by atoms with Crippen molar-refractivity contribution < 1.29 is 23.9 Å². The average Bonchev–Trinajstić information content (AvgIpc) is 3.02. The lowest BCUT2D eigenvalue weighted by molar-refractivity contribution is -0.147. The molecule has 4 rings (SSSR count). The van der Waals surface area contributed by atoms with Gasteiger partial charge in [0, 0.05) is 24.4 Å². The zero-order valence-corrected chi connectivity index (χ0v) is 15.6. The third kappa shape index (κ3) is 3.10. The number of hydrogen-bond donors (Lipinski definition) is 2. The van der Waals surface area contributed by atoms with Gasteiger partial charge < -0.3 is 15.7 Å². The van der Waals surface area contributed by atoms with Gasteiger partial charge in [-0.3, -0.25) is 14.5 Å². The minimum atomic E-state index is -1.20. The summed E-state index contributed by atoms with van der Waals surface area (Å²) in [6.07, 6.45) is 2.08. The molecule has 0 unspecified atom stereocenters. The number of nitrogens with zero attached hydrogens (tertiary/aromatic N) is 2. The molecule has 7 nitrogen and oxygen atoms in total. The maximum Gasteiger partial charge on any atom is 0.352 e. The van der Waals surface area contributed by atoms with E-state index in [0.717, 1.165) is 5.56 Å². The molecule has 2 amide bonds.